The van der Waals surface area contributed by atoms with Crippen molar-refractivity contribution in [3.63, 3.8) is 0 Å². The molecule has 1 aliphatic rings. The molecule has 1 aromatic heterocycles. The summed E-state index contributed by atoms with van der Waals surface area (Å²) in [6.45, 7) is 5.31. The second-order valence-electron chi connectivity index (χ2n) is 4.87. The summed E-state index contributed by atoms with van der Waals surface area (Å²) in [7, 11) is 0. The van der Waals surface area contributed by atoms with Crippen molar-refractivity contribution in [3.8, 4) is 0 Å². The van der Waals surface area contributed by atoms with Gasteiger partial charge in [0.1, 0.15) is 5.69 Å². The first kappa shape index (κ1) is 14.0. The van der Waals surface area contributed by atoms with Gasteiger partial charge in [-0.2, -0.15) is 4.98 Å². The summed E-state index contributed by atoms with van der Waals surface area (Å²) < 4.78 is 0. The second-order valence-corrected chi connectivity index (χ2v) is 5.21. The van der Waals surface area contributed by atoms with Gasteiger partial charge in [-0.1, -0.05) is 13.3 Å². The molecule has 0 amide bonds. The topological polar surface area (TPSA) is 72.2 Å². The first-order chi connectivity index (χ1) is 9.02. The Labute approximate surface area is 117 Å². The van der Waals surface area contributed by atoms with Crippen LogP contribution in [0.4, 0.5) is 11.5 Å². The number of rotatable bonds is 3. The predicted octanol–water partition coefficient (Wildman–Crippen LogP) is 2.97. The molecular formula is C12H17ClN4O2. The van der Waals surface area contributed by atoms with Crippen LogP contribution in [0.25, 0.3) is 0 Å². The molecule has 7 heteroatoms. The van der Waals surface area contributed by atoms with Crippen molar-refractivity contribution in [1.82, 2.24) is 9.97 Å². The maximum Gasteiger partial charge on any atom is 0.332 e. The van der Waals surface area contributed by atoms with Crippen LogP contribution in [0.3, 0.4) is 0 Å². The lowest BCUT2D eigenvalue weighted by Crippen LogP contribution is -2.36. The van der Waals surface area contributed by atoms with Crippen LogP contribution in [-0.4, -0.2) is 28.0 Å². The average Bonchev–Trinajstić information content (AvgIpc) is 2.37. The fraction of sp³-hybridized carbons (Fsp3) is 0.667. The van der Waals surface area contributed by atoms with Crippen molar-refractivity contribution in [2.45, 2.75) is 33.1 Å². The maximum atomic E-state index is 11.2. The van der Waals surface area contributed by atoms with Gasteiger partial charge in [0.25, 0.3) is 0 Å². The molecule has 2 heterocycles. The van der Waals surface area contributed by atoms with Crippen molar-refractivity contribution in [2.75, 3.05) is 18.0 Å². The van der Waals surface area contributed by atoms with Crippen molar-refractivity contribution < 1.29 is 4.92 Å². The minimum absolute atomic E-state index is 0.0267. The number of nitro groups is 1. The number of halogens is 1. The van der Waals surface area contributed by atoms with Crippen LogP contribution in [0.15, 0.2) is 0 Å². The number of piperidine rings is 1. The van der Waals surface area contributed by atoms with Crippen molar-refractivity contribution in [3.05, 3.63) is 21.1 Å². The highest BCUT2D eigenvalue weighted by Crippen LogP contribution is 2.33. The zero-order valence-electron chi connectivity index (χ0n) is 11.1. The largest absolute Gasteiger partial charge is 0.350 e. The van der Waals surface area contributed by atoms with Crippen molar-refractivity contribution in [1.29, 1.82) is 0 Å². The van der Waals surface area contributed by atoms with Crippen LogP contribution in [0.1, 0.15) is 31.9 Å². The smallest absolute Gasteiger partial charge is 0.332 e. The summed E-state index contributed by atoms with van der Waals surface area (Å²) in [4.78, 5) is 20.7. The Hall–Kier alpha value is -1.43. The summed E-state index contributed by atoms with van der Waals surface area (Å²) in [6.07, 6.45) is 3.26. The molecule has 1 saturated heterocycles. The first-order valence-electron chi connectivity index (χ1n) is 6.46. The molecule has 104 valence electrons. The van der Waals surface area contributed by atoms with Gasteiger partial charge in [0.05, 0.1) is 4.92 Å². The number of anilines is 1. The Morgan fingerprint density at radius 2 is 2.26 bits per heavy atom. The SMILES string of the molecule is CCC1CCCN(c2nc(Cl)nc(C)c2[N+](=O)[O-])C1. The minimum atomic E-state index is -0.420. The number of hydrogen-bond acceptors (Lipinski definition) is 5. The Balaban J connectivity index is 2.40. The van der Waals surface area contributed by atoms with Gasteiger partial charge >= 0.3 is 5.69 Å². The zero-order valence-corrected chi connectivity index (χ0v) is 11.9. The Bertz CT molecular complexity index is 495. The lowest BCUT2D eigenvalue weighted by molar-refractivity contribution is -0.385. The van der Waals surface area contributed by atoms with Gasteiger partial charge in [-0.15, -0.1) is 0 Å². The Morgan fingerprint density at radius 3 is 2.89 bits per heavy atom. The predicted molar refractivity (Wildman–Crippen MR) is 73.7 cm³/mol. The van der Waals surface area contributed by atoms with Gasteiger partial charge in [0.15, 0.2) is 0 Å². The van der Waals surface area contributed by atoms with E-state index in [1.54, 1.807) is 6.92 Å². The van der Waals surface area contributed by atoms with Crippen LogP contribution < -0.4 is 4.90 Å². The molecule has 1 aromatic rings. The average molecular weight is 285 g/mol. The lowest BCUT2D eigenvalue weighted by Gasteiger charge is -2.32. The molecule has 1 atom stereocenters. The Morgan fingerprint density at radius 1 is 1.53 bits per heavy atom. The van der Waals surface area contributed by atoms with Crippen molar-refractivity contribution >= 4 is 23.1 Å². The molecule has 1 aliphatic heterocycles. The maximum absolute atomic E-state index is 11.2. The molecule has 0 N–H and O–H groups in total. The summed E-state index contributed by atoms with van der Waals surface area (Å²) in [6, 6.07) is 0. The van der Waals surface area contributed by atoms with Crippen LogP contribution >= 0.6 is 11.6 Å². The van der Waals surface area contributed by atoms with Crippen LogP contribution in [0.2, 0.25) is 5.28 Å². The van der Waals surface area contributed by atoms with Gasteiger partial charge in [-0.25, -0.2) is 4.98 Å². The van der Waals surface area contributed by atoms with E-state index in [9.17, 15) is 10.1 Å². The van der Waals surface area contributed by atoms with E-state index in [-0.39, 0.29) is 11.0 Å². The fourth-order valence-corrected chi connectivity index (χ4v) is 2.75. The molecule has 0 bridgehead atoms. The zero-order chi connectivity index (χ0) is 14.0. The normalized spacial score (nSPS) is 19.5. The summed E-state index contributed by atoms with van der Waals surface area (Å²) in [5.41, 5.74) is 0.291. The molecule has 2 rings (SSSR count). The van der Waals surface area contributed by atoms with E-state index in [1.807, 2.05) is 4.90 Å². The van der Waals surface area contributed by atoms with Crippen molar-refractivity contribution in [2.24, 2.45) is 5.92 Å². The molecule has 0 aromatic carbocycles. The monoisotopic (exact) mass is 284 g/mol. The second kappa shape index (κ2) is 5.69. The van der Waals surface area contributed by atoms with Crippen LogP contribution in [0.5, 0.6) is 0 Å². The summed E-state index contributed by atoms with van der Waals surface area (Å²) in [5.74, 6) is 0.919. The van der Waals surface area contributed by atoms with E-state index >= 15 is 0 Å². The summed E-state index contributed by atoms with van der Waals surface area (Å²) >= 11 is 5.84. The van der Waals surface area contributed by atoms with Crippen LogP contribution in [0, 0.1) is 23.0 Å². The van der Waals surface area contributed by atoms with Gasteiger partial charge in [-0.05, 0) is 37.3 Å². The third-order valence-corrected chi connectivity index (χ3v) is 3.76. The molecule has 1 unspecified atom stereocenters. The van der Waals surface area contributed by atoms with Gasteiger partial charge in [0, 0.05) is 13.1 Å². The number of nitrogens with zero attached hydrogens (tertiary/aromatic N) is 4. The molecule has 0 aliphatic carbocycles. The Kier molecular flexibility index (Phi) is 4.19. The quantitative estimate of drug-likeness (QED) is 0.485. The van der Waals surface area contributed by atoms with E-state index < -0.39 is 4.92 Å². The van der Waals surface area contributed by atoms with Gasteiger partial charge in [0.2, 0.25) is 11.1 Å². The molecular weight excluding hydrogens is 268 g/mol. The minimum Gasteiger partial charge on any atom is -0.350 e. The molecule has 0 radical (unpaired) electrons. The number of aromatic nitrogens is 2. The standard InChI is InChI=1S/C12H17ClN4O2/c1-3-9-5-4-6-16(7-9)11-10(17(18)19)8(2)14-12(13)15-11/h9H,3-7H2,1-2H3. The molecule has 0 spiro atoms. The van der Waals surface area contributed by atoms with Crippen LogP contribution in [-0.2, 0) is 0 Å². The van der Waals surface area contributed by atoms with Gasteiger partial charge < -0.3 is 4.90 Å². The molecule has 19 heavy (non-hydrogen) atoms. The van der Waals surface area contributed by atoms with Gasteiger partial charge in [-0.3, -0.25) is 10.1 Å². The van der Waals surface area contributed by atoms with E-state index in [0.717, 1.165) is 25.9 Å². The molecule has 6 nitrogen and oxygen atoms in total. The fourth-order valence-electron chi connectivity index (χ4n) is 2.54. The summed E-state index contributed by atoms with van der Waals surface area (Å²) in [5, 5.41) is 11.3. The van der Waals surface area contributed by atoms with E-state index in [0.29, 0.717) is 17.4 Å². The third kappa shape index (κ3) is 2.94. The molecule has 1 fully saturated rings. The first-order valence-corrected chi connectivity index (χ1v) is 6.84. The number of aryl methyl sites for hydroxylation is 1. The van der Waals surface area contributed by atoms with E-state index in [4.69, 9.17) is 11.6 Å². The highest BCUT2D eigenvalue weighted by Gasteiger charge is 2.29. The van der Waals surface area contributed by atoms with E-state index in [1.165, 1.54) is 6.42 Å². The lowest BCUT2D eigenvalue weighted by atomic mass is 9.95. The highest BCUT2D eigenvalue weighted by molar-refractivity contribution is 6.28. The third-order valence-electron chi connectivity index (χ3n) is 3.59. The number of hydrogen-bond donors (Lipinski definition) is 0. The highest BCUT2D eigenvalue weighted by atomic mass is 35.5. The van der Waals surface area contributed by atoms with E-state index in [2.05, 4.69) is 16.9 Å². The molecule has 0 saturated carbocycles.